The Kier molecular flexibility index (Phi) is 5.85. The summed E-state index contributed by atoms with van der Waals surface area (Å²) in [6.45, 7) is 7.52. The van der Waals surface area contributed by atoms with Crippen LogP contribution in [0.15, 0.2) is 22.7 Å². The quantitative estimate of drug-likeness (QED) is 0.861. The van der Waals surface area contributed by atoms with Gasteiger partial charge in [-0.25, -0.2) is 0 Å². The lowest BCUT2D eigenvalue weighted by Gasteiger charge is -2.25. The van der Waals surface area contributed by atoms with Crippen LogP contribution in [0.2, 0.25) is 0 Å². The summed E-state index contributed by atoms with van der Waals surface area (Å²) >= 11 is 3.55. The van der Waals surface area contributed by atoms with Gasteiger partial charge in [0.25, 0.3) is 0 Å². The third kappa shape index (κ3) is 3.49. The van der Waals surface area contributed by atoms with Gasteiger partial charge in [-0.1, -0.05) is 28.9 Å². The molecule has 0 radical (unpaired) electrons. The molecule has 3 heteroatoms. The highest BCUT2D eigenvalue weighted by molar-refractivity contribution is 9.10. The third-order valence-electron chi connectivity index (χ3n) is 2.63. The summed E-state index contributed by atoms with van der Waals surface area (Å²) in [5.41, 5.74) is 2.70. The first-order valence-corrected chi connectivity index (χ1v) is 6.70. The van der Waals surface area contributed by atoms with E-state index in [-0.39, 0.29) is 0 Å². The molecular weight excluding hydrogens is 264 g/mol. The number of hydrogen-bond acceptors (Lipinski definition) is 2. The molecule has 1 aromatic rings. The number of benzene rings is 1. The second-order valence-electron chi connectivity index (χ2n) is 3.88. The number of halogens is 1. The van der Waals surface area contributed by atoms with Crippen LogP contribution in [0.4, 0.5) is 5.69 Å². The highest BCUT2D eigenvalue weighted by Crippen LogP contribution is 2.25. The van der Waals surface area contributed by atoms with Gasteiger partial charge in [-0.15, -0.1) is 0 Å². The Morgan fingerprint density at radius 3 is 2.62 bits per heavy atom. The van der Waals surface area contributed by atoms with Crippen LogP contribution in [0.1, 0.15) is 25.8 Å². The van der Waals surface area contributed by atoms with E-state index < -0.39 is 0 Å². The Morgan fingerprint density at radius 2 is 2.06 bits per heavy atom. The van der Waals surface area contributed by atoms with Gasteiger partial charge < -0.3 is 10.2 Å². The molecule has 0 fully saturated rings. The Bertz CT molecular complexity index is 326. The van der Waals surface area contributed by atoms with E-state index in [4.69, 9.17) is 0 Å². The van der Waals surface area contributed by atoms with Gasteiger partial charge in [0.05, 0.1) is 0 Å². The number of anilines is 1. The molecule has 2 nitrogen and oxygen atoms in total. The van der Waals surface area contributed by atoms with Crippen molar-refractivity contribution in [3.8, 4) is 0 Å². The summed E-state index contributed by atoms with van der Waals surface area (Å²) in [4.78, 5) is 2.43. The average Bonchev–Trinajstić information content (AvgIpc) is 2.29. The van der Waals surface area contributed by atoms with Crippen LogP contribution in [-0.4, -0.2) is 20.1 Å². The maximum atomic E-state index is 3.55. The monoisotopic (exact) mass is 284 g/mol. The van der Waals surface area contributed by atoms with Gasteiger partial charge in [0, 0.05) is 29.8 Å². The molecule has 1 N–H and O–H groups in total. The second-order valence-corrected chi connectivity index (χ2v) is 4.80. The van der Waals surface area contributed by atoms with Crippen LogP contribution < -0.4 is 10.2 Å². The lowest BCUT2D eigenvalue weighted by Crippen LogP contribution is -2.25. The fourth-order valence-corrected chi connectivity index (χ4v) is 2.24. The standard InChI is InChI=1S/C13H21BrN2/c1-4-8-16(5-2)13-9-12(14)7-6-11(13)10-15-3/h6-7,9,15H,4-5,8,10H2,1-3H3. The van der Waals surface area contributed by atoms with Crippen molar-refractivity contribution in [2.45, 2.75) is 26.8 Å². The Hall–Kier alpha value is -0.540. The van der Waals surface area contributed by atoms with Crippen molar-refractivity contribution in [3.63, 3.8) is 0 Å². The Morgan fingerprint density at radius 1 is 1.31 bits per heavy atom. The first-order chi connectivity index (χ1) is 7.72. The van der Waals surface area contributed by atoms with Crippen LogP contribution in [0.25, 0.3) is 0 Å². The summed E-state index contributed by atoms with van der Waals surface area (Å²) in [6, 6.07) is 6.51. The molecular formula is C13H21BrN2. The molecule has 1 rings (SSSR count). The predicted octanol–water partition coefficient (Wildman–Crippen LogP) is 3.40. The molecule has 0 amide bonds. The maximum Gasteiger partial charge on any atom is 0.0423 e. The molecule has 0 bridgehead atoms. The molecule has 0 saturated heterocycles. The zero-order valence-electron chi connectivity index (χ0n) is 10.4. The number of nitrogens with one attached hydrogen (secondary N) is 1. The van der Waals surface area contributed by atoms with Gasteiger partial charge >= 0.3 is 0 Å². The van der Waals surface area contributed by atoms with Gasteiger partial charge in [-0.2, -0.15) is 0 Å². The molecule has 0 aliphatic carbocycles. The summed E-state index contributed by atoms with van der Waals surface area (Å²) in [6.07, 6.45) is 1.18. The molecule has 0 aliphatic rings. The van der Waals surface area contributed by atoms with Crippen LogP contribution in [0.5, 0.6) is 0 Å². The molecule has 0 aromatic heterocycles. The van der Waals surface area contributed by atoms with Crippen molar-refractivity contribution in [2.24, 2.45) is 0 Å². The Labute approximate surface area is 107 Å². The van der Waals surface area contributed by atoms with E-state index in [0.717, 1.165) is 24.1 Å². The highest BCUT2D eigenvalue weighted by Gasteiger charge is 2.09. The van der Waals surface area contributed by atoms with Gasteiger partial charge in [0.15, 0.2) is 0 Å². The average molecular weight is 285 g/mol. The number of rotatable bonds is 6. The number of nitrogens with zero attached hydrogens (tertiary/aromatic N) is 1. The zero-order chi connectivity index (χ0) is 12.0. The molecule has 0 saturated carbocycles. The van der Waals surface area contributed by atoms with E-state index >= 15 is 0 Å². The molecule has 16 heavy (non-hydrogen) atoms. The molecule has 0 aliphatic heterocycles. The third-order valence-corrected chi connectivity index (χ3v) is 3.12. The van der Waals surface area contributed by atoms with Gasteiger partial charge in [-0.3, -0.25) is 0 Å². The summed E-state index contributed by atoms with van der Waals surface area (Å²) in [7, 11) is 1.99. The lowest BCUT2D eigenvalue weighted by molar-refractivity contribution is 0.766. The van der Waals surface area contributed by atoms with E-state index in [9.17, 15) is 0 Å². The maximum absolute atomic E-state index is 3.55. The van der Waals surface area contributed by atoms with E-state index in [0.29, 0.717) is 0 Å². The van der Waals surface area contributed by atoms with E-state index in [1.165, 1.54) is 17.7 Å². The van der Waals surface area contributed by atoms with Crippen LogP contribution >= 0.6 is 15.9 Å². The smallest absolute Gasteiger partial charge is 0.0423 e. The molecule has 0 spiro atoms. The highest BCUT2D eigenvalue weighted by atomic mass is 79.9. The van der Waals surface area contributed by atoms with Crippen molar-refractivity contribution in [2.75, 3.05) is 25.0 Å². The fourth-order valence-electron chi connectivity index (χ4n) is 1.89. The van der Waals surface area contributed by atoms with Crippen LogP contribution in [-0.2, 0) is 6.54 Å². The van der Waals surface area contributed by atoms with Crippen molar-refractivity contribution >= 4 is 21.6 Å². The van der Waals surface area contributed by atoms with Gasteiger partial charge in [0.1, 0.15) is 0 Å². The largest absolute Gasteiger partial charge is 0.372 e. The second kappa shape index (κ2) is 6.92. The fraction of sp³-hybridized carbons (Fsp3) is 0.538. The van der Waals surface area contributed by atoms with Crippen LogP contribution in [0.3, 0.4) is 0 Å². The van der Waals surface area contributed by atoms with E-state index in [1.54, 1.807) is 0 Å². The Balaban J connectivity index is 3.01. The SMILES string of the molecule is CCCN(CC)c1cc(Br)ccc1CNC. The van der Waals surface area contributed by atoms with E-state index in [1.807, 2.05) is 7.05 Å². The minimum Gasteiger partial charge on any atom is -0.372 e. The summed E-state index contributed by atoms with van der Waals surface area (Å²) in [5, 5.41) is 3.22. The lowest BCUT2D eigenvalue weighted by atomic mass is 10.1. The normalized spacial score (nSPS) is 10.5. The molecule has 1 aromatic carbocycles. The molecule has 0 heterocycles. The van der Waals surface area contributed by atoms with Crippen molar-refractivity contribution in [3.05, 3.63) is 28.2 Å². The summed E-state index contributed by atoms with van der Waals surface area (Å²) in [5.74, 6) is 0. The molecule has 90 valence electrons. The van der Waals surface area contributed by atoms with Gasteiger partial charge in [-0.05, 0) is 38.1 Å². The van der Waals surface area contributed by atoms with Crippen molar-refractivity contribution in [1.29, 1.82) is 0 Å². The van der Waals surface area contributed by atoms with Crippen LogP contribution in [0, 0.1) is 0 Å². The first-order valence-electron chi connectivity index (χ1n) is 5.90. The predicted molar refractivity (Wildman–Crippen MR) is 75.1 cm³/mol. The van der Waals surface area contributed by atoms with Crippen molar-refractivity contribution < 1.29 is 0 Å². The zero-order valence-corrected chi connectivity index (χ0v) is 12.0. The first kappa shape index (κ1) is 13.5. The summed E-state index contributed by atoms with van der Waals surface area (Å²) < 4.78 is 1.15. The minimum atomic E-state index is 0.919. The van der Waals surface area contributed by atoms with E-state index in [2.05, 4.69) is 58.2 Å². The topological polar surface area (TPSA) is 15.3 Å². The van der Waals surface area contributed by atoms with Crippen molar-refractivity contribution in [1.82, 2.24) is 5.32 Å². The van der Waals surface area contributed by atoms with Gasteiger partial charge in [0.2, 0.25) is 0 Å². The minimum absolute atomic E-state index is 0.919. The molecule has 0 unspecified atom stereocenters. The number of hydrogen-bond donors (Lipinski definition) is 1. The molecule has 0 atom stereocenters.